The topological polar surface area (TPSA) is 0 Å². The quantitative estimate of drug-likeness (QED) is 0.549. The van der Waals surface area contributed by atoms with Crippen LogP contribution in [0.5, 0.6) is 0 Å². The van der Waals surface area contributed by atoms with Crippen LogP contribution in [0.2, 0.25) is 0 Å². The zero-order valence-electron chi connectivity index (χ0n) is 7.20. The maximum atomic E-state index is 2.41. The van der Waals surface area contributed by atoms with E-state index in [-0.39, 0.29) is 0 Å². The highest BCUT2D eigenvalue weighted by molar-refractivity contribution is 7.99. The fourth-order valence-electron chi connectivity index (χ4n) is 1.64. The summed E-state index contributed by atoms with van der Waals surface area (Å²) in [6, 6.07) is 0. The van der Waals surface area contributed by atoms with E-state index in [1.807, 2.05) is 0 Å². The standard InChI is InChI=1S/C11H14S/c1-2-7-11-9-12-8-4-3-6-10(11)5-1/h1-2,5-7,11H,3-4,8-9H2/b10-6-. The van der Waals surface area contributed by atoms with Crippen molar-refractivity contribution in [3.8, 4) is 0 Å². The average Bonchev–Trinajstić information content (AvgIpc) is 2.06. The van der Waals surface area contributed by atoms with Gasteiger partial charge in [0.05, 0.1) is 0 Å². The molecule has 12 heavy (non-hydrogen) atoms. The molecule has 0 aromatic heterocycles. The molecule has 0 N–H and O–H groups in total. The minimum absolute atomic E-state index is 0.695. The van der Waals surface area contributed by atoms with Crippen molar-refractivity contribution in [1.82, 2.24) is 0 Å². The van der Waals surface area contributed by atoms with Crippen molar-refractivity contribution in [3.05, 3.63) is 36.0 Å². The van der Waals surface area contributed by atoms with Gasteiger partial charge in [-0.05, 0) is 24.2 Å². The Bertz CT molecular complexity index is 235. The van der Waals surface area contributed by atoms with E-state index in [4.69, 9.17) is 0 Å². The molecule has 0 radical (unpaired) electrons. The number of rotatable bonds is 0. The average molecular weight is 178 g/mol. The van der Waals surface area contributed by atoms with Crippen LogP contribution in [0, 0.1) is 5.92 Å². The lowest BCUT2D eigenvalue weighted by Crippen LogP contribution is -2.07. The van der Waals surface area contributed by atoms with Gasteiger partial charge in [-0.2, -0.15) is 11.8 Å². The summed E-state index contributed by atoms with van der Waals surface area (Å²) in [6.45, 7) is 0. The van der Waals surface area contributed by atoms with Gasteiger partial charge in [0.25, 0.3) is 0 Å². The minimum atomic E-state index is 0.695. The van der Waals surface area contributed by atoms with E-state index in [9.17, 15) is 0 Å². The molecule has 1 heteroatoms. The van der Waals surface area contributed by atoms with Gasteiger partial charge in [-0.15, -0.1) is 0 Å². The van der Waals surface area contributed by atoms with Gasteiger partial charge < -0.3 is 0 Å². The third-order valence-electron chi connectivity index (χ3n) is 2.34. The zero-order chi connectivity index (χ0) is 8.23. The van der Waals surface area contributed by atoms with Crippen molar-refractivity contribution < 1.29 is 0 Å². The van der Waals surface area contributed by atoms with E-state index in [1.165, 1.54) is 29.9 Å². The molecule has 0 saturated heterocycles. The molecule has 0 aromatic rings. The fraction of sp³-hybridized carbons (Fsp3) is 0.455. The van der Waals surface area contributed by atoms with Crippen LogP contribution < -0.4 is 0 Å². The van der Waals surface area contributed by atoms with Crippen molar-refractivity contribution in [2.75, 3.05) is 11.5 Å². The van der Waals surface area contributed by atoms with E-state index in [0.29, 0.717) is 5.92 Å². The Morgan fingerprint density at radius 2 is 2.33 bits per heavy atom. The second-order valence-corrected chi connectivity index (χ2v) is 4.42. The molecule has 2 rings (SSSR count). The Morgan fingerprint density at radius 1 is 1.33 bits per heavy atom. The SMILES string of the molecule is C1=C/C2=C/CCCSCC2C=C1. The van der Waals surface area contributed by atoms with Gasteiger partial charge in [0.15, 0.2) is 0 Å². The molecule has 64 valence electrons. The first-order chi connectivity index (χ1) is 5.97. The number of fused-ring (bicyclic) bond motifs is 1. The summed E-state index contributed by atoms with van der Waals surface area (Å²) < 4.78 is 0. The number of thioether (sulfide) groups is 1. The van der Waals surface area contributed by atoms with Crippen molar-refractivity contribution in [3.63, 3.8) is 0 Å². The van der Waals surface area contributed by atoms with E-state index in [0.717, 1.165) is 0 Å². The van der Waals surface area contributed by atoms with Crippen LogP contribution >= 0.6 is 11.8 Å². The van der Waals surface area contributed by atoms with Gasteiger partial charge in [-0.3, -0.25) is 0 Å². The lowest BCUT2D eigenvalue weighted by molar-refractivity contribution is 0.852. The molecular formula is C11H14S. The molecule has 0 bridgehead atoms. The Kier molecular flexibility index (Phi) is 2.72. The summed E-state index contributed by atoms with van der Waals surface area (Å²) in [4.78, 5) is 0. The Morgan fingerprint density at radius 3 is 3.33 bits per heavy atom. The van der Waals surface area contributed by atoms with Gasteiger partial charge in [0.1, 0.15) is 0 Å². The third kappa shape index (κ3) is 1.84. The summed E-state index contributed by atoms with van der Waals surface area (Å²) >= 11 is 2.09. The Hall–Kier alpha value is -0.430. The van der Waals surface area contributed by atoms with Crippen molar-refractivity contribution >= 4 is 11.8 Å². The van der Waals surface area contributed by atoms with E-state index < -0.39 is 0 Å². The highest BCUT2D eigenvalue weighted by Crippen LogP contribution is 2.26. The first-order valence-corrected chi connectivity index (χ1v) is 5.75. The lowest BCUT2D eigenvalue weighted by atomic mass is 9.95. The molecule has 1 heterocycles. The summed E-state index contributed by atoms with van der Waals surface area (Å²) in [6.07, 6.45) is 13.9. The van der Waals surface area contributed by atoms with Crippen LogP contribution in [0.15, 0.2) is 36.0 Å². The molecule has 0 amide bonds. The minimum Gasteiger partial charge on any atom is -0.161 e. The van der Waals surface area contributed by atoms with Crippen LogP contribution in [0.3, 0.4) is 0 Å². The zero-order valence-corrected chi connectivity index (χ0v) is 8.02. The van der Waals surface area contributed by atoms with Gasteiger partial charge >= 0.3 is 0 Å². The normalized spacial score (nSPS) is 33.0. The largest absolute Gasteiger partial charge is 0.161 e. The number of allylic oxidation sites excluding steroid dienone is 6. The summed E-state index contributed by atoms with van der Waals surface area (Å²) in [7, 11) is 0. The Balaban J connectivity index is 2.15. The molecule has 2 aliphatic rings. The van der Waals surface area contributed by atoms with Crippen LogP contribution in [-0.2, 0) is 0 Å². The van der Waals surface area contributed by atoms with Crippen LogP contribution in [-0.4, -0.2) is 11.5 Å². The molecule has 1 aliphatic carbocycles. The number of hydrogen-bond acceptors (Lipinski definition) is 1. The molecule has 1 atom stereocenters. The van der Waals surface area contributed by atoms with Gasteiger partial charge in [-0.1, -0.05) is 30.4 Å². The maximum Gasteiger partial charge on any atom is 0.0109 e. The highest BCUT2D eigenvalue weighted by Gasteiger charge is 2.12. The molecule has 1 unspecified atom stereocenters. The second-order valence-electron chi connectivity index (χ2n) is 3.27. The van der Waals surface area contributed by atoms with Crippen LogP contribution in [0.1, 0.15) is 12.8 Å². The Labute approximate surface area is 78.4 Å². The second kappa shape index (κ2) is 3.99. The molecular weight excluding hydrogens is 164 g/mol. The van der Waals surface area contributed by atoms with E-state index >= 15 is 0 Å². The van der Waals surface area contributed by atoms with Crippen LogP contribution in [0.25, 0.3) is 0 Å². The predicted molar refractivity (Wildman–Crippen MR) is 56.4 cm³/mol. The molecule has 0 fully saturated rings. The molecule has 0 spiro atoms. The summed E-state index contributed by atoms with van der Waals surface area (Å²) in [5.74, 6) is 3.30. The maximum absolute atomic E-state index is 2.41. The van der Waals surface area contributed by atoms with Gasteiger partial charge in [0.2, 0.25) is 0 Å². The van der Waals surface area contributed by atoms with Crippen molar-refractivity contribution in [2.45, 2.75) is 12.8 Å². The van der Waals surface area contributed by atoms with E-state index in [1.54, 1.807) is 0 Å². The van der Waals surface area contributed by atoms with E-state index in [2.05, 4.69) is 42.1 Å². The predicted octanol–water partition coefficient (Wildman–Crippen LogP) is 3.18. The molecule has 1 aliphatic heterocycles. The summed E-state index contributed by atoms with van der Waals surface area (Å²) in [5, 5.41) is 0. The first kappa shape index (κ1) is 8.18. The highest BCUT2D eigenvalue weighted by atomic mass is 32.2. The summed E-state index contributed by atoms with van der Waals surface area (Å²) in [5.41, 5.74) is 1.53. The molecule has 0 saturated carbocycles. The smallest absolute Gasteiger partial charge is 0.0109 e. The first-order valence-electron chi connectivity index (χ1n) is 4.59. The monoisotopic (exact) mass is 178 g/mol. The fourth-order valence-corrected chi connectivity index (χ4v) is 2.73. The molecule has 0 nitrogen and oxygen atoms in total. The lowest BCUT2D eigenvalue weighted by Gasteiger charge is -2.18. The van der Waals surface area contributed by atoms with Crippen molar-refractivity contribution in [1.29, 1.82) is 0 Å². The third-order valence-corrected chi connectivity index (χ3v) is 3.51. The molecule has 0 aromatic carbocycles. The number of hydrogen-bond donors (Lipinski definition) is 0. The van der Waals surface area contributed by atoms with Gasteiger partial charge in [0, 0.05) is 11.7 Å². The van der Waals surface area contributed by atoms with Gasteiger partial charge in [-0.25, -0.2) is 0 Å². The van der Waals surface area contributed by atoms with Crippen LogP contribution in [0.4, 0.5) is 0 Å². The van der Waals surface area contributed by atoms with Crippen molar-refractivity contribution in [2.24, 2.45) is 5.92 Å².